The molecule has 2 N–H and O–H groups in total. The van der Waals surface area contributed by atoms with Gasteiger partial charge in [0, 0.05) is 11.6 Å². The van der Waals surface area contributed by atoms with E-state index >= 15 is 0 Å². The quantitative estimate of drug-likeness (QED) is 0.817. The van der Waals surface area contributed by atoms with Crippen molar-refractivity contribution in [2.24, 2.45) is 0 Å². The molecule has 0 spiro atoms. The summed E-state index contributed by atoms with van der Waals surface area (Å²) in [5, 5.41) is 17.2. The normalized spacial score (nSPS) is 23.4. The Bertz CT molecular complexity index is 590. The lowest BCUT2D eigenvalue weighted by molar-refractivity contribution is 0.160. The summed E-state index contributed by atoms with van der Waals surface area (Å²) in [6.45, 7) is 0. The Morgan fingerprint density at radius 1 is 1.28 bits per heavy atom. The molecule has 0 unspecified atom stereocenters. The first-order valence-electron chi connectivity index (χ1n) is 6.18. The van der Waals surface area contributed by atoms with E-state index in [4.69, 9.17) is 12.2 Å². The number of aromatic nitrogens is 3. The largest absolute Gasteiger partial charge is 0.392 e. The van der Waals surface area contributed by atoms with Crippen molar-refractivity contribution >= 4 is 12.2 Å². The van der Waals surface area contributed by atoms with Crippen molar-refractivity contribution in [3.05, 3.63) is 40.9 Å². The fourth-order valence-corrected chi connectivity index (χ4v) is 2.87. The molecule has 0 bridgehead atoms. The standard InChI is InChI=1S/C13H15N3OS/c17-11-8-4-7-10(11)12-14-15-13(18)16(12)9-5-2-1-3-6-9/h1-3,5-6,10-11,17H,4,7-8H2,(H,15,18)/t10-,11-/m0/s1. The molecule has 3 rings (SSSR count). The summed E-state index contributed by atoms with van der Waals surface area (Å²) in [5.41, 5.74) is 0.991. The van der Waals surface area contributed by atoms with Crippen molar-refractivity contribution in [3.8, 4) is 5.69 Å². The highest BCUT2D eigenvalue weighted by Crippen LogP contribution is 2.34. The van der Waals surface area contributed by atoms with Crippen LogP contribution < -0.4 is 0 Å². The highest BCUT2D eigenvalue weighted by atomic mass is 32.1. The lowest BCUT2D eigenvalue weighted by Gasteiger charge is -2.15. The molecule has 18 heavy (non-hydrogen) atoms. The summed E-state index contributed by atoms with van der Waals surface area (Å²) in [7, 11) is 0. The average Bonchev–Trinajstić information content (AvgIpc) is 2.96. The van der Waals surface area contributed by atoms with E-state index in [1.807, 2.05) is 34.9 Å². The van der Waals surface area contributed by atoms with Gasteiger partial charge in [-0.15, -0.1) is 0 Å². The molecule has 1 saturated carbocycles. The third kappa shape index (κ3) is 1.89. The van der Waals surface area contributed by atoms with Crippen molar-refractivity contribution in [2.45, 2.75) is 31.3 Å². The van der Waals surface area contributed by atoms with Crippen molar-refractivity contribution in [1.82, 2.24) is 14.8 Å². The summed E-state index contributed by atoms with van der Waals surface area (Å²) in [4.78, 5) is 0. The summed E-state index contributed by atoms with van der Waals surface area (Å²) in [6, 6.07) is 9.90. The van der Waals surface area contributed by atoms with Crippen molar-refractivity contribution in [1.29, 1.82) is 0 Å². The maximum atomic E-state index is 10.0. The van der Waals surface area contributed by atoms with Gasteiger partial charge < -0.3 is 5.11 Å². The van der Waals surface area contributed by atoms with Crippen LogP contribution in [0.5, 0.6) is 0 Å². The lowest BCUT2D eigenvalue weighted by Crippen LogP contribution is -2.16. The minimum absolute atomic E-state index is 0.0816. The Kier molecular flexibility index (Phi) is 3.01. The average molecular weight is 261 g/mol. The van der Waals surface area contributed by atoms with E-state index in [0.717, 1.165) is 30.8 Å². The van der Waals surface area contributed by atoms with Crippen LogP contribution in [-0.4, -0.2) is 26.0 Å². The second-order valence-corrected chi connectivity index (χ2v) is 5.05. The number of aliphatic hydroxyl groups excluding tert-OH is 1. The van der Waals surface area contributed by atoms with Crippen molar-refractivity contribution in [3.63, 3.8) is 0 Å². The highest BCUT2D eigenvalue weighted by molar-refractivity contribution is 7.71. The molecule has 4 nitrogen and oxygen atoms in total. The second kappa shape index (κ2) is 4.66. The molecule has 1 fully saturated rings. The number of hydrogen-bond acceptors (Lipinski definition) is 3. The van der Waals surface area contributed by atoms with Crippen LogP contribution in [0.15, 0.2) is 30.3 Å². The van der Waals surface area contributed by atoms with Gasteiger partial charge >= 0.3 is 0 Å². The number of para-hydroxylation sites is 1. The number of hydrogen-bond donors (Lipinski definition) is 2. The summed E-state index contributed by atoms with van der Waals surface area (Å²) in [5.74, 6) is 0.925. The SMILES string of the molecule is O[C@H]1CCC[C@@H]1c1n[nH]c(=S)n1-c1ccccc1. The highest BCUT2D eigenvalue weighted by Gasteiger charge is 2.31. The van der Waals surface area contributed by atoms with Gasteiger partial charge in [-0.05, 0) is 37.2 Å². The molecule has 94 valence electrons. The molecule has 1 aliphatic carbocycles. The van der Waals surface area contributed by atoms with Gasteiger partial charge in [-0.1, -0.05) is 24.6 Å². The third-order valence-electron chi connectivity index (χ3n) is 3.52. The van der Waals surface area contributed by atoms with Crippen molar-refractivity contribution in [2.75, 3.05) is 0 Å². The number of nitrogens with one attached hydrogen (secondary N) is 1. The Morgan fingerprint density at radius 2 is 2.06 bits per heavy atom. The fourth-order valence-electron chi connectivity index (χ4n) is 2.63. The van der Waals surface area contributed by atoms with Gasteiger partial charge in [0.2, 0.25) is 0 Å². The Labute approximate surface area is 110 Å². The van der Waals surface area contributed by atoms with Gasteiger partial charge in [0.05, 0.1) is 6.10 Å². The minimum Gasteiger partial charge on any atom is -0.392 e. The van der Waals surface area contributed by atoms with Crippen LogP contribution >= 0.6 is 12.2 Å². The Balaban J connectivity index is 2.10. The summed E-state index contributed by atoms with van der Waals surface area (Å²) in [6.07, 6.45) is 2.55. The molecule has 0 amide bonds. The molecule has 1 aromatic heterocycles. The topological polar surface area (TPSA) is 53.8 Å². The number of nitrogens with zero attached hydrogens (tertiary/aromatic N) is 2. The first kappa shape index (κ1) is 11.6. The maximum Gasteiger partial charge on any atom is 0.199 e. The molecule has 1 aliphatic rings. The van der Waals surface area contributed by atoms with Gasteiger partial charge in [-0.2, -0.15) is 5.10 Å². The zero-order valence-electron chi connectivity index (χ0n) is 9.91. The van der Waals surface area contributed by atoms with Crippen LogP contribution in [0.2, 0.25) is 0 Å². The minimum atomic E-state index is -0.308. The van der Waals surface area contributed by atoms with Gasteiger partial charge in [0.1, 0.15) is 5.82 Å². The molecular weight excluding hydrogens is 246 g/mol. The molecule has 1 aromatic carbocycles. The van der Waals surface area contributed by atoms with Crippen LogP contribution in [0.3, 0.4) is 0 Å². The van der Waals surface area contributed by atoms with Gasteiger partial charge in [-0.3, -0.25) is 9.67 Å². The number of H-pyrrole nitrogens is 1. The molecule has 2 atom stereocenters. The predicted octanol–water partition coefficient (Wildman–Crippen LogP) is 2.56. The van der Waals surface area contributed by atoms with Gasteiger partial charge in [0.15, 0.2) is 4.77 Å². The van der Waals surface area contributed by atoms with Crippen LogP contribution in [0, 0.1) is 4.77 Å². The molecular formula is C13H15N3OS. The molecule has 2 aromatic rings. The number of aromatic amines is 1. The Morgan fingerprint density at radius 3 is 2.72 bits per heavy atom. The van der Waals surface area contributed by atoms with Crippen molar-refractivity contribution < 1.29 is 5.11 Å². The van der Waals surface area contributed by atoms with E-state index in [1.54, 1.807) is 0 Å². The maximum absolute atomic E-state index is 10.0. The molecule has 0 radical (unpaired) electrons. The smallest absolute Gasteiger partial charge is 0.199 e. The molecule has 0 aliphatic heterocycles. The Hall–Kier alpha value is -1.46. The monoisotopic (exact) mass is 261 g/mol. The van der Waals surface area contributed by atoms with E-state index in [9.17, 15) is 5.11 Å². The van der Waals surface area contributed by atoms with Crippen LogP contribution in [-0.2, 0) is 0 Å². The number of rotatable bonds is 2. The first-order valence-corrected chi connectivity index (χ1v) is 6.59. The molecule has 0 saturated heterocycles. The zero-order chi connectivity index (χ0) is 12.5. The number of benzene rings is 1. The first-order chi connectivity index (χ1) is 8.77. The van der Waals surface area contributed by atoms with E-state index < -0.39 is 0 Å². The van der Waals surface area contributed by atoms with Gasteiger partial charge in [-0.25, -0.2) is 0 Å². The zero-order valence-corrected chi connectivity index (χ0v) is 10.7. The number of aliphatic hydroxyl groups is 1. The second-order valence-electron chi connectivity index (χ2n) is 4.66. The fraction of sp³-hybridized carbons (Fsp3) is 0.385. The third-order valence-corrected chi connectivity index (χ3v) is 3.80. The summed E-state index contributed by atoms with van der Waals surface area (Å²) >= 11 is 5.29. The van der Waals surface area contributed by atoms with E-state index in [0.29, 0.717) is 4.77 Å². The van der Waals surface area contributed by atoms with E-state index in [-0.39, 0.29) is 12.0 Å². The lowest BCUT2D eigenvalue weighted by atomic mass is 10.1. The van der Waals surface area contributed by atoms with Crippen LogP contribution in [0.25, 0.3) is 5.69 Å². The molecule has 1 heterocycles. The van der Waals surface area contributed by atoms with Gasteiger partial charge in [0.25, 0.3) is 0 Å². The van der Waals surface area contributed by atoms with E-state index in [1.165, 1.54) is 0 Å². The predicted molar refractivity (Wildman–Crippen MR) is 71.3 cm³/mol. The molecule has 5 heteroatoms. The van der Waals surface area contributed by atoms with Crippen LogP contribution in [0.1, 0.15) is 31.0 Å². The van der Waals surface area contributed by atoms with E-state index in [2.05, 4.69) is 10.2 Å². The summed E-state index contributed by atoms with van der Waals surface area (Å²) < 4.78 is 2.50. The van der Waals surface area contributed by atoms with Crippen LogP contribution in [0.4, 0.5) is 0 Å².